The summed E-state index contributed by atoms with van der Waals surface area (Å²) in [5.41, 5.74) is 1.22. The van der Waals surface area contributed by atoms with Gasteiger partial charge < -0.3 is 10.1 Å². The Hall–Kier alpha value is -3.48. The van der Waals surface area contributed by atoms with Crippen LogP contribution in [-0.2, 0) is 4.79 Å². The number of nitrogens with zero attached hydrogens (tertiary/aromatic N) is 3. The molecular formula is C20H20N4O3. The van der Waals surface area contributed by atoms with Crippen molar-refractivity contribution in [1.29, 1.82) is 0 Å². The highest BCUT2D eigenvalue weighted by molar-refractivity contribution is 5.94. The van der Waals surface area contributed by atoms with Crippen LogP contribution in [0.3, 0.4) is 0 Å². The minimum Gasteiger partial charge on any atom is -0.495 e. The minimum atomic E-state index is -0.778. The maximum atomic E-state index is 12.7. The number of para-hydroxylation sites is 2. The normalized spacial score (nSPS) is 11.6. The Bertz CT molecular complexity index is 986. The monoisotopic (exact) mass is 364 g/mol. The molecule has 0 aliphatic heterocycles. The Morgan fingerprint density at radius 2 is 1.85 bits per heavy atom. The number of rotatable bonds is 6. The standard InChI is InChI=1S/C20H20N4O3/c1-3-17(19(25)22-15-11-7-8-12-18(15)27-2)24-20(26)23-16(13-21-24)14-9-5-4-6-10-14/h4-13,17H,3H2,1-2H3,(H,22,25)/t17-/m1/s1. The number of carbonyl (C=O) groups excluding carboxylic acids is 1. The quantitative estimate of drug-likeness (QED) is 0.727. The zero-order chi connectivity index (χ0) is 19.2. The topological polar surface area (TPSA) is 86.1 Å². The molecule has 1 aromatic heterocycles. The molecule has 0 saturated heterocycles. The van der Waals surface area contributed by atoms with Crippen LogP contribution >= 0.6 is 0 Å². The van der Waals surface area contributed by atoms with Crippen molar-refractivity contribution in [1.82, 2.24) is 14.8 Å². The molecule has 0 aliphatic carbocycles. The lowest BCUT2D eigenvalue weighted by molar-refractivity contribution is -0.119. The molecule has 1 atom stereocenters. The van der Waals surface area contributed by atoms with E-state index in [1.54, 1.807) is 18.2 Å². The highest BCUT2D eigenvalue weighted by Gasteiger charge is 2.22. The van der Waals surface area contributed by atoms with Gasteiger partial charge in [-0.25, -0.2) is 9.48 Å². The van der Waals surface area contributed by atoms with E-state index >= 15 is 0 Å². The Labute approximate surface area is 156 Å². The van der Waals surface area contributed by atoms with Crippen LogP contribution in [0.15, 0.2) is 65.6 Å². The molecule has 0 radical (unpaired) electrons. The molecule has 138 valence electrons. The molecule has 0 unspecified atom stereocenters. The molecule has 3 aromatic rings. The third kappa shape index (κ3) is 4.03. The van der Waals surface area contributed by atoms with E-state index in [4.69, 9.17) is 4.74 Å². The first kappa shape index (κ1) is 18.3. The molecule has 3 rings (SSSR count). The van der Waals surface area contributed by atoms with Gasteiger partial charge in [-0.1, -0.05) is 49.4 Å². The summed E-state index contributed by atoms with van der Waals surface area (Å²) in [6.07, 6.45) is 1.88. The summed E-state index contributed by atoms with van der Waals surface area (Å²) in [5.74, 6) is 0.185. The van der Waals surface area contributed by atoms with Crippen molar-refractivity contribution in [3.63, 3.8) is 0 Å². The molecule has 1 N–H and O–H groups in total. The van der Waals surface area contributed by atoms with Crippen LogP contribution in [0.5, 0.6) is 5.75 Å². The van der Waals surface area contributed by atoms with Crippen LogP contribution in [0.1, 0.15) is 19.4 Å². The molecule has 27 heavy (non-hydrogen) atoms. The smallest absolute Gasteiger partial charge is 0.365 e. The van der Waals surface area contributed by atoms with E-state index in [1.807, 2.05) is 43.3 Å². The van der Waals surface area contributed by atoms with Crippen molar-refractivity contribution in [2.45, 2.75) is 19.4 Å². The van der Waals surface area contributed by atoms with Crippen LogP contribution < -0.4 is 15.7 Å². The molecule has 0 spiro atoms. The van der Waals surface area contributed by atoms with Crippen molar-refractivity contribution in [3.8, 4) is 17.0 Å². The molecule has 0 fully saturated rings. The van der Waals surface area contributed by atoms with E-state index < -0.39 is 11.7 Å². The van der Waals surface area contributed by atoms with Crippen LogP contribution in [0.4, 0.5) is 5.69 Å². The molecular weight excluding hydrogens is 344 g/mol. The first-order valence-corrected chi connectivity index (χ1v) is 8.59. The minimum absolute atomic E-state index is 0.356. The van der Waals surface area contributed by atoms with E-state index in [1.165, 1.54) is 13.3 Å². The van der Waals surface area contributed by atoms with Gasteiger partial charge >= 0.3 is 5.69 Å². The van der Waals surface area contributed by atoms with Crippen LogP contribution in [0, 0.1) is 0 Å². The fraction of sp³-hybridized carbons (Fsp3) is 0.200. The number of benzene rings is 2. The highest BCUT2D eigenvalue weighted by atomic mass is 16.5. The SMILES string of the molecule is CC[C@H](C(=O)Nc1ccccc1OC)n1ncc(-c2ccccc2)nc1=O. The van der Waals surface area contributed by atoms with Gasteiger partial charge in [0.15, 0.2) is 0 Å². The van der Waals surface area contributed by atoms with Gasteiger partial charge in [-0.15, -0.1) is 0 Å². The second-order valence-electron chi connectivity index (χ2n) is 5.85. The number of anilines is 1. The average Bonchev–Trinajstić information content (AvgIpc) is 2.70. The third-order valence-electron chi connectivity index (χ3n) is 4.14. The predicted molar refractivity (Wildman–Crippen MR) is 103 cm³/mol. The first-order valence-electron chi connectivity index (χ1n) is 8.59. The van der Waals surface area contributed by atoms with Gasteiger partial charge in [-0.05, 0) is 18.6 Å². The number of ether oxygens (including phenoxy) is 1. The van der Waals surface area contributed by atoms with Crippen molar-refractivity contribution in [3.05, 3.63) is 71.3 Å². The third-order valence-corrected chi connectivity index (χ3v) is 4.14. The molecule has 1 amide bonds. The van der Waals surface area contributed by atoms with E-state index in [0.29, 0.717) is 23.6 Å². The van der Waals surface area contributed by atoms with Crippen molar-refractivity contribution in [2.75, 3.05) is 12.4 Å². The summed E-state index contributed by atoms with van der Waals surface area (Å²) < 4.78 is 6.35. The number of amides is 1. The van der Waals surface area contributed by atoms with Gasteiger partial charge in [0, 0.05) is 5.56 Å². The summed E-state index contributed by atoms with van der Waals surface area (Å²) >= 11 is 0. The zero-order valence-electron chi connectivity index (χ0n) is 15.1. The van der Waals surface area contributed by atoms with Gasteiger partial charge in [-0.2, -0.15) is 10.1 Å². The van der Waals surface area contributed by atoms with E-state index in [2.05, 4.69) is 15.4 Å². The molecule has 0 aliphatic rings. The summed E-state index contributed by atoms with van der Waals surface area (Å²) in [6, 6.07) is 15.6. The Morgan fingerprint density at radius 3 is 2.52 bits per heavy atom. The van der Waals surface area contributed by atoms with Crippen molar-refractivity contribution < 1.29 is 9.53 Å². The molecule has 7 heteroatoms. The maximum Gasteiger partial charge on any atom is 0.365 e. The predicted octanol–water partition coefficient (Wildman–Crippen LogP) is 2.90. The summed E-state index contributed by atoms with van der Waals surface area (Å²) in [6.45, 7) is 1.81. The number of hydrogen-bond acceptors (Lipinski definition) is 5. The second-order valence-corrected chi connectivity index (χ2v) is 5.85. The summed E-state index contributed by atoms with van der Waals surface area (Å²) in [7, 11) is 1.53. The lowest BCUT2D eigenvalue weighted by Crippen LogP contribution is -2.36. The Morgan fingerprint density at radius 1 is 1.15 bits per heavy atom. The molecule has 0 saturated carbocycles. The van der Waals surface area contributed by atoms with Crippen molar-refractivity contribution in [2.24, 2.45) is 0 Å². The zero-order valence-corrected chi connectivity index (χ0v) is 15.1. The molecule has 2 aromatic carbocycles. The lowest BCUT2D eigenvalue weighted by Gasteiger charge is -2.17. The number of aromatic nitrogens is 3. The van der Waals surface area contributed by atoms with Gasteiger partial charge in [0.25, 0.3) is 0 Å². The fourth-order valence-corrected chi connectivity index (χ4v) is 2.74. The number of nitrogens with one attached hydrogen (secondary N) is 1. The van der Waals surface area contributed by atoms with Gasteiger partial charge in [0.05, 0.1) is 24.7 Å². The lowest BCUT2D eigenvalue weighted by atomic mass is 10.2. The van der Waals surface area contributed by atoms with E-state index in [-0.39, 0.29) is 5.91 Å². The highest BCUT2D eigenvalue weighted by Crippen LogP contribution is 2.24. The summed E-state index contributed by atoms with van der Waals surface area (Å²) in [5, 5.41) is 6.97. The van der Waals surface area contributed by atoms with Crippen LogP contribution in [0.2, 0.25) is 0 Å². The first-order chi connectivity index (χ1) is 13.1. The second kappa shape index (κ2) is 8.27. The largest absolute Gasteiger partial charge is 0.495 e. The molecule has 1 heterocycles. The Balaban J connectivity index is 1.87. The Kier molecular flexibility index (Phi) is 5.61. The van der Waals surface area contributed by atoms with Crippen LogP contribution in [-0.4, -0.2) is 27.8 Å². The van der Waals surface area contributed by atoms with Crippen LogP contribution in [0.25, 0.3) is 11.3 Å². The van der Waals surface area contributed by atoms with E-state index in [0.717, 1.165) is 10.2 Å². The fourth-order valence-electron chi connectivity index (χ4n) is 2.74. The van der Waals surface area contributed by atoms with Gasteiger partial charge in [0.1, 0.15) is 11.8 Å². The van der Waals surface area contributed by atoms with Gasteiger partial charge in [0.2, 0.25) is 5.91 Å². The number of methoxy groups -OCH3 is 1. The van der Waals surface area contributed by atoms with E-state index in [9.17, 15) is 9.59 Å². The number of carbonyl (C=O) groups is 1. The molecule has 0 bridgehead atoms. The molecule has 7 nitrogen and oxygen atoms in total. The summed E-state index contributed by atoms with van der Waals surface area (Å²) in [4.78, 5) is 29.3. The average molecular weight is 364 g/mol. The number of hydrogen-bond donors (Lipinski definition) is 1. The van der Waals surface area contributed by atoms with Crippen molar-refractivity contribution >= 4 is 11.6 Å². The van der Waals surface area contributed by atoms with Gasteiger partial charge in [-0.3, -0.25) is 4.79 Å². The maximum absolute atomic E-state index is 12.7.